The van der Waals surface area contributed by atoms with E-state index in [0.29, 0.717) is 0 Å². The lowest BCUT2D eigenvalue weighted by atomic mass is 10.1. The number of anilines is 1. The van der Waals surface area contributed by atoms with Gasteiger partial charge in [0.25, 0.3) is 0 Å². The fourth-order valence-corrected chi connectivity index (χ4v) is 2.14. The third-order valence-corrected chi connectivity index (χ3v) is 3.07. The summed E-state index contributed by atoms with van der Waals surface area (Å²) in [6, 6.07) is 12.1. The van der Waals surface area contributed by atoms with Gasteiger partial charge >= 0.3 is 0 Å². The number of para-hydroxylation sites is 1. The molecule has 0 aliphatic heterocycles. The maximum Gasteiger partial charge on any atom is 0.0911 e. The van der Waals surface area contributed by atoms with Gasteiger partial charge in [0.15, 0.2) is 0 Å². The fourth-order valence-electron chi connectivity index (χ4n) is 2.14. The summed E-state index contributed by atoms with van der Waals surface area (Å²) in [7, 11) is 3.85. The number of aromatic nitrogens is 3. The van der Waals surface area contributed by atoms with Crippen molar-refractivity contribution in [1.29, 1.82) is 0 Å². The minimum atomic E-state index is 0.929. The van der Waals surface area contributed by atoms with E-state index in [4.69, 9.17) is 0 Å². The maximum atomic E-state index is 4.69. The Bertz CT molecular complexity index is 700. The Morgan fingerprint density at radius 2 is 2.00 bits per heavy atom. The molecule has 4 nitrogen and oxygen atoms in total. The lowest BCUT2D eigenvalue weighted by Crippen LogP contribution is -1.98. The normalized spacial score (nSPS) is 10.8. The number of aryl methyl sites for hydroxylation is 1. The highest BCUT2D eigenvalue weighted by molar-refractivity contribution is 5.93. The summed E-state index contributed by atoms with van der Waals surface area (Å²) in [6.07, 6.45) is 1.78. The van der Waals surface area contributed by atoms with Crippen molar-refractivity contribution in [2.24, 2.45) is 7.05 Å². The largest absolute Gasteiger partial charge is 0.388 e. The molecule has 0 radical (unpaired) electrons. The molecule has 1 aromatic carbocycles. The summed E-state index contributed by atoms with van der Waals surface area (Å²) in [5.41, 5.74) is 4.01. The van der Waals surface area contributed by atoms with Crippen LogP contribution in [-0.2, 0) is 7.05 Å². The van der Waals surface area contributed by atoms with E-state index in [-0.39, 0.29) is 0 Å². The lowest BCUT2D eigenvalue weighted by Gasteiger charge is -2.09. The summed E-state index contributed by atoms with van der Waals surface area (Å²) in [4.78, 5) is 4.69. The van der Waals surface area contributed by atoms with Crippen molar-refractivity contribution in [2.45, 2.75) is 0 Å². The molecule has 0 saturated carbocycles. The van der Waals surface area contributed by atoms with Crippen LogP contribution in [0.5, 0.6) is 0 Å². The highest BCUT2D eigenvalue weighted by atomic mass is 15.3. The van der Waals surface area contributed by atoms with Crippen LogP contribution in [0, 0.1) is 0 Å². The average molecular weight is 238 g/mol. The molecule has 2 aromatic heterocycles. The first-order chi connectivity index (χ1) is 8.79. The van der Waals surface area contributed by atoms with Crippen LogP contribution >= 0.6 is 0 Å². The predicted molar refractivity (Wildman–Crippen MR) is 73.5 cm³/mol. The van der Waals surface area contributed by atoms with Crippen LogP contribution in [0.25, 0.3) is 22.3 Å². The van der Waals surface area contributed by atoms with Gasteiger partial charge in [0, 0.05) is 31.4 Å². The molecule has 0 atom stereocenters. The highest BCUT2D eigenvalue weighted by Gasteiger charge is 2.08. The molecule has 90 valence electrons. The summed E-state index contributed by atoms with van der Waals surface area (Å²) in [5, 5.41) is 8.54. The van der Waals surface area contributed by atoms with Gasteiger partial charge in [-0.1, -0.05) is 18.2 Å². The number of nitrogens with zero attached hydrogens (tertiary/aromatic N) is 3. The molecular weight excluding hydrogens is 224 g/mol. The molecule has 3 aromatic rings. The molecule has 0 spiro atoms. The Kier molecular flexibility index (Phi) is 2.48. The Balaban J connectivity index is 2.29. The monoisotopic (exact) mass is 238 g/mol. The molecule has 3 rings (SSSR count). The van der Waals surface area contributed by atoms with Crippen LogP contribution in [-0.4, -0.2) is 21.8 Å². The number of nitrogens with one attached hydrogen (secondary N) is 1. The van der Waals surface area contributed by atoms with E-state index >= 15 is 0 Å². The second-order valence-electron chi connectivity index (χ2n) is 4.16. The Morgan fingerprint density at radius 1 is 1.17 bits per heavy atom. The standard InChI is InChI=1S/C14H14N4/c1-15-12-9-13(14-7-8-16-18(14)2)17-11-6-4-3-5-10(11)12/h3-9H,1-2H3,(H,15,17). The van der Waals surface area contributed by atoms with Crippen molar-refractivity contribution in [3.63, 3.8) is 0 Å². The van der Waals surface area contributed by atoms with Gasteiger partial charge in [-0.2, -0.15) is 5.10 Å². The lowest BCUT2D eigenvalue weighted by molar-refractivity contribution is 0.774. The second kappa shape index (κ2) is 4.14. The Labute approximate surface area is 105 Å². The van der Waals surface area contributed by atoms with Crippen molar-refractivity contribution in [2.75, 3.05) is 12.4 Å². The molecular formula is C14H14N4. The van der Waals surface area contributed by atoms with Gasteiger partial charge in [0.05, 0.1) is 16.9 Å². The second-order valence-corrected chi connectivity index (χ2v) is 4.16. The molecule has 4 heteroatoms. The van der Waals surface area contributed by atoms with Gasteiger partial charge in [0.1, 0.15) is 0 Å². The average Bonchev–Trinajstić information content (AvgIpc) is 2.83. The molecule has 0 bridgehead atoms. The summed E-state index contributed by atoms with van der Waals surface area (Å²) in [5.74, 6) is 0. The van der Waals surface area contributed by atoms with Crippen LogP contribution in [0.15, 0.2) is 42.6 Å². The van der Waals surface area contributed by atoms with Crippen molar-refractivity contribution in [3.05, 3.63) is 42.6 Å². The van der Waals surface area contributed by atoms with Crippen molar-refractivity contribution >= 4 is 16.6 Å². The molecule has 18 heavy (non-hydrogen) atoms. The van der Waals surface area contributed by atoms with Crippen molar-refractivity contribution in [3.8, 4) is 11.4 Å². The Morgan fingerprint density at radius 3 is 2.72 bits per heavy atom. The van der Waals surface area contributed by atoms with E-state index in [2.05, 4.69) is 27.5 Å². The number of hydrogen-bond acceptors (Lipinski definition) is 3. The molecule has 0 unspecified atom stereocenters. The van der Waals surface area contributed by atoms with Gasteiger partial charge in [-0.15, -0.1) is 0 Å². The van der Waals surface area contributed by atoms with Gasteiger partial charge in [-0.3, -0.25) is 4.68 Å². The van der Waals surface area contributed by atoms with E-state index in [1.165, 1.54) is 0 Å². The van der Waals surface area contributed by atoms with Gasteiger partial charge < -0.3 is 5.32 Å². The van der Waals surface area contributed by atoms with Crippen molar-refractivity contribution < 1.29 is 0 Å². The van der Waals surface area contributed by atoms with E-state index in [9.17, 15) is 0 Å². The van der Waals surface area contributed by atoms with Gasteiger partial charge in [0.2, 0.25) is 0 Å². The quantitative estimate of drug-likeness (QED) is 0.746. The first kappa shape index (κ1) is 10.8. The van der Waals surface area contributed by atoms with Crippen LogP contribution in [0.2, 0.25) is 0 Å². The maximum absolute atomic E-state index is 4.69. The zero-order chi connectivity index (χ0) is 12.5. The summed E-state index contributed by atoms with van der Waals surface area (Å²) in [6.45, 7) is 0. The van der Waals surface area contributed by atoms with Crippen LogP contribution < -0.4 is 5.32 Å². The Hall–Kier alpha value is -2.36. The highest BCUT2D eigenvalue weighted by Crippen LogP contribution is 2.27. The van der Waals surface area contributed by atoms with Crippen LogP contribution in [0.4, 0.5) is 5.69 Å². The predicted octanol–water partition coefficient (Wildman–Crippen LogP) is 2.68. The first-order valence-corrected chi connectivity index (χ1v) is 5.85. The summed E-state index contributed by atoms with van der Waals surface area (Å²) < 4.78 is 1.83. The summed E-state index contributed by atoms with van der Waals surface area (Å²) >= 11 is 0. The number of fused-ring (bicyclic) bond motifs is 1. The van der Waals surface area contributed by atoms with Gasteiger partial charge in [-0.05, 0) is 18.2 Å². The van der Waals surface area contributed by atoms with E-state index in [1.54, 1.807) is 6.20 Å². The molecule has 0 fully saturated rings. The molecule has 1 N–H and O–H groups in total. The van der Waals surface area contributed by atoms with Crippen molar-refractivity contribution in [1.82, 2.24) is 14.8 Å². The number of benzene rings is 1. The molecule has 0 amide bonds. The molecule has 0 saturated heterocycles. The molecule has 2 heterocycles. The number of hydrogen-bond donors (Lipinski definition) is 1. The zero-order valence-corrected chi connectivity index (χ0v) is 10.4. The van der Waals surface area contributed by atoms with E-state index in [1.807, 2.05) is 43.0 Å². The van der Waals surface area contributed by atoms with E-state index in [0.717, 1.165) is 28.0 Å². The third-order valence-electron chi connectivity index (χ3n) is 3.07. The first-order valence-electron chi connectivity index (χ1n) is 5.85. The third kappa shape index (κ3) is 1.62. The number of pyridine rings is 1. The SMILES string of the molecule is CNc1cc(-c2ccnn2C)nc2ccccc12. The number of rotatable bonds is 2. The smallest absolute Gasteiger partial charge is 0.0911 e. The molecule has 0 aliphatic carbocycles. The minimum absolute atomic E-state index is 0.929. The van der Waals surface area contributed by atoms with Crippen LogP contribution in [0.1, 0.15) is 0 Å². The topological polar surface area (TPSA) is 42.7 Å². The zero-order valence-electron chi connectivity index (χ0n) is 10.4. The molecule has 0 aliphatic rings. The van der Waals surface area contributed by atoms with Crippen LogP contribution in [0.3, 0.4) is 0 Å². The fraction of sp³-hybridized carbons (Fsp3) is 0.143. The van der Waals surface area contributed by atoms with Gasteiger partial charge in [-0.25, -0.2) is 4.98 Å². The minimum Gasteiger partial charge on any atom is -0.388 e. The van der Waals surface area contributed by atoms with E-state index < -0.39 is 0 Å².